The standard InChI is InChI=1S/C24H23N3O2S/c28-23(13-8-19-5-2-1-3-6-19)27-16-14-26(15-17-27)21-11-9-20(10-12-21)25-24(29)22-7-4-18-30-22/h1-13,18H,14-17H2,(H,25,29)/b13-8+. The Labute approximate surface area is 180 Å². The Morgan fingerprint density at radius 2 is 1.60 bits per heavy atom. The van der Waals surface area contributed by atoms with Gasteiger partial charge in [0, 0.05) is 43.6 Å². The van der Waals surface area contributed by atoms with Crippen LogP contribution in [0.15, 0.2) is 78.2 Å². The zero-order chi connectivity index (χ0) is 20.8. The molecule has 2 amide bonds. The lowest BCUT2D eigenvalue weighted by atomic mass is 10.2. The Balaban J connectivity index is 1.29. The second-order valence-electron chi connectivity index (χ2n) is 7.03. The van der Waals surface area contributed by atoms with Gasteiger partial charge in [-0.25, -0.2) is 0 Å². The molecule has 152 valence electrons. The number of hydrogen-bond acceptors (Lipinski definition) is 4. The topological polar surface area (TPSA) is 52.7 Å². The van der Waals surface area contributed by atoms with Crippen LogP contribution in [-0.2, 0) is 4.79 Å². The molecule has 5 nitrogen and oxygen atoms in total. The quantitative estimate of drug-likeness (QED) is 0.628. The largest absolute Gasteiger partial charge is 0.368 e. The zero-order valence-electron chi connectivity index (χ0n) is 16.5. The molecule has 2 heterocycles. The van der Waals surface area contributed by atoms with Gasteiger partial charge in [-0.05, 0) is 47.4 Å². The Morgan fingerprint density at radius 1 is 0.867 bits per heavy atom. The van der Waals surface area contributed by atoms with E-state index in [1.807, 2.05) is 83.1 Å². The monoisotopic (exact) mass is 417 g/mol. The van der Waals surface area contributed by atoms with Gasteiger partial charge in [0.1, 0.15) is 0 Å². The number of benzene rings is 2. The summed E-state index contributed by atoms with van der Waals surface area (Å²) in [6.07, 6.45) is 3.51. The van der Waals surface area contributed by atoms with Gasteiger partial charge in [-0.15, -0.1) is 11.3 Å². The summed E-state index contributed by atoms with van der Waals surface area (Å²) >= 11 is 1.42. The fourth-order valence-corrected chi connectivity index (χ4v) is 4.00. The maximum absolute atomic E-state index is 12.4. The Bertz CT molecular complexity index is 1010. The number of nitrogens with one attached hydrogen (secondary N) is 1. The molecule has 1 aromatic heterocycles. The molecule has 1 aliphatic heterocycles. The van der Waals surface area contributed by atoms with E-state index in [2.05, 4.69) is 10.2 Å². The van der Waals surface area contributed by atoms with Crippen molar-refractivity contribution in [2.75, 3.05) is 36.4 Å². The van der Waals surface area contributed by atoms with Crippen molar-refractivity contribution in [3.63, 3.8) is 0 Å². The number of anilines is 2. The van der Waals surface area contributed by atoms with Crippen molar-refractivity contribution < 1.29 is 9.59 Å². The van der Waals surface area contributed by atoms with Gasteiger partial charge in [0.25, 0.3) is 5.91 Å². The van der Waals surface area contributed by atoms with E-state index in [4.69, 9.17) is 0 Å². The highest BCUT2D eigenvalue weighted by Crippen LogP contribution is 2.21. The molecule has 3 aromatic rings. The molecule has 0 bridgehead atoms. The summed E-state index contributed by atoms with van der Waals surface area (Å²) in [5.41, 5.74) is 2.89. The molecule has 4 rings (SSSR count). The highest BCUT2D eigenvalue weighted by atomic mass is 32.1. The first kappa shape index (κ1) is 19.9. The van der Waals surface area contributed by atoms with E-state index < -0.39 is 0 Å². The molecule has 0 saturated carbocycles. The van der Waals surface area contributed by atoms with Crippen LogP contribution in [0.4, 0.5) is 11.4 Å². The molecule has 1 saturated heterocycles. The number of rotatable bonds is 5. The van der Waals surface area contributed by atoms with Gasteiger partial charge in [-0.1, -0.05) is 36.4 Å². The van der Waals surface area contributed by atoms with E-state index in [9.17, 15) is 9.59 Å². The average Bonchev–Trinajstić information content (AvgIpc) is 3.34. The Kier molecular flexibility index (Phi) is 6.25. The van der Waals surface area contributed by atoms with Crippen LogP contribution in [0.2, 0.25) is 0 Å². The van der Waals surface area contributed by atoms with E-state index in [1.165, 1.54) is 11.3 Å². The first-order chi connectivity index (χ1) is 14.7. The third-order valence-corrected chi connectivity index (χ3v) is 5.91. The van der Waals surface area contributed by atoms with Crippen molar-refractivity contribution in [1.82, 2.24) is 4.90 Å². The van der Waals surface area contributed by atoms with E-state index in [-0.39, 0.29) is 11.8 Å². The minimum Gasteiger partial charge on any atom is -0.368 e. The van der Waals surface area contributed by atoms with Crippen molar-refractivity contribution in [1.29, 1.82) is 0 Å². The second kappa shape index (κ2) is 9.41. The van der Waals surface area contributed by atoms with E-state index in [0.717, 1.165) is 30.0 Å². The molecule has 1 N–H and O–H groups in total. The first-order valence-corrected chi connectivity index (χ1v) is 10.8. The SMILES string of the molecule is O=C(Nc1ccc(N2CCN(C(=O)/C=C/c3ccccc3)CC2)cc1)c1cccs1. The van der Waals surface area contributed by atoms with Gasteiger partial charge < -0.3 is 15.1 Å². The minimum atomic E-state index is -0.0894. The van der Waals surface area contributed by atoms with Crippen molar-refractivity contribution in [2.45, 2.75) is 0 Å². The fraction of sp³-hybridized carbons (Fsp3) is 0.167. The highest BCUT2D eigenvalue weighted by Gasteiger charge is 2.20. The van der Waals surface area contributed by atoms with Crippen LogP contribution in [-0.4, -0.2) is 42.9 Å². The molecule has 0 unspecified atom stereocenters. The summed E-state index contributed by atoms with van der Waals surface area (Å²) in [5, 5.41) is 4.81. The number of nitrogens with zero attached hydrogens (tertiary/aromatic N) is 2. The summed E-state index contributed by atoms with van der Waals surface area (Å²) < 4.78 is 0. The predicted molar refractivity (Wildman–Crippen MR) is 123 cm³/mol. The summed E-state index contributed by atoms with van der Waals surface area (Å²) in [4.78, 5) is 29.4. The Morgan fingerprint density at radius 3 is 2.27 bits per heavy atom. The van der Waals surface area contributed by atoms with Crippen molar-refractivity contribution in [3.8, 4) is 0 Å². The van der Waals surface area contributed by atoms with Crippen molar-refractivity contribution in [2.24, 2.45) is 0 Å². The van der Waals surface area contributed by atoms with Crippen LogP contribution >= 0.6 is 11.3 Å². The smallest absolute Gasteiger partial charge is 0.265 e. The van der Waals surface area contributed by atoms with E-state index in [0.29, 0.717) is 18.0 Å². The molecule has 0 aliphatic carbocycles. The van der Waals surface area contributed by atoms with Crippen molar-refractivity contribution >= 4 is 40.6 Å². The molecule has 1 fully saturated rings. The summed E-state index contributed by atoms with van der Waals surface area (Å²) in [6, 6.07) is 21.4. The number of carbonyl (C=O) groups is 2. The van der Waals surface area contributed by atoms with Gasteiger partial charge in [0.15, 0.2) is 0 Å². The summed E-state index contributed by atoms with van der Waals surface area (Å²) in [5.74, 6) is -0.0430. The summed E-state index contributed by atoms with van der Waals surface area (Å²) in [7, 11) is 0. The number of carbonyl (C=O) groups excluding carboxylic acids is 2. The molecular weight excluding hydrogens is 394 g/mol. The number of piperazine rings is 1. The maximum Gasteiger partial charge on any atom is 0.265 e. The molecule has 0 spiro atoms. The molecule has 2 aromatic carbocycles. The molecular formula is C24H23N3O2S. The van der Waals surface area contributed by atoms with Gasteiger partial charge in [-0.3, -0.25) is 9.59 Å². The maximum atomic E-state index is 12.4. The number of amides is 2. The lowest BCUT2D eigenvalue weighted by molar-refractivity contribution is -0.126. The molecule has 0 atom stereocenters. The van der Waals surface area contributed by atoms with E-state index >= 15 is 0 Å². The molecule has 0 radical (unpaired) electrons. The third kappa shape index (κ3) is 4.96. The number of hydrogen-bond donors (Lipinski definition) is 1. The van der Waals surface area contributed by atoms with Gasteiger partial charge in [0.2, 0.25) is 5.91 Å². The normalized spacial score (nSPS) is 14.1. The highest BCUT2D eigenvalue weighted by molar-refractivity contribution is 7.12. The predicted octanol–water partition coefficient (Wildman–Crippen LogP) is 4.36. The first-order valence-electron chi connectivity index (χ1n) is 9.91. The van der Waals surface area contributed by atoms with Crippen LogP contribution in [0.1, 0.15) is 15.2 Å². The van der Waals surface area contributed by atoms with Crippen LogP contribution in [0.25, 0.3) is 6.08 Å². The van der Waals surface area contributed by atoms with Crippen LogP contribution < -0.4 is 10.2 Å². The molecule has 30 heavy (non-hydrogen) atoms. The number of thiophene rings is 1. The van der Waals surface area contributed by atoms with Crippen LogP contribution in [0.3, 0.4) is 0 Å². The van der Waals surface area contributed by atoms with Crippen LogP contribution in [0, 0.1) is 0 Å². The lowest BCUT2D eigenvalue weighted by Crippen LogP contribution is -2.48. The van der Waals surface area contributed by atoms with Gasteiger partial charge in [-0.2, -0.15) is 0 Å². The van der Waals surface area contributed by atoms with E-state index in [1.54, 1.807) is 6.08 Å². The fourth-order valence-electron chi connectivity index (χ4n) is 3.38. The Hall–Kier alpha value is -3.38. The lowest BCUT2D eigenvalue weighted by Gasteiger charge is -2.35. The van der Waals surface area contributed by atoms with Crippen molar-refractivity contribution in [3.05, 3.63) is 88.6 Å². The van der Waals surface area contributed by atoms with Crippen LogP contribution in [0.5, 0.6) is 0 Å². The second-order valence-corrected chi connectivity index (χ2v) is 7.98. The zero-order valence-corrected chi connectivity index (χ0v) is 17.3. The minimum absolute atomic E-state index is 0.0464. The van der Waals surface area contributed by atoms with Gasteiger partial charge >= 0.3 is 0 Å². The average molecular weight is 418 g/mol. The van der Waals surface area contributed by atoms with Gasteiger partial charge in [0.05, 0.1) is 4.88 Å². The third-order valence-electron chi connectivity index (χ3n) is 5.04. The molecule has 6 heteroatoms. The summed E-state index contributed by atoms with van der Waals surface area (Å²) in [6.45, 7) is 2.95. The molecule has 1 aliphatic rings.